The molecule has 0 spiro atoms. The molecule has 1 heterocycles. The summed E-state index contributed by atoms with van der Waals surface area (Å²) < 4.78 is 46.5. The molecule has 1 aliphatic rings. The van der Waals surface area contributed by atoms with Gasteiger partial charge in [0.05, 0.1) is 17.7 Å². The fraction of sp³-hybridized carbons (Fsp3) is 0.321. The van der Waals surface area contributed by atoms with E-state index in [1.165, 1.54) is 56.3 Å². The highest BCUT2D eigenvalue weighted by Gasteiger charge is 2.27. The van der Waals surface area contributed by atoms with Gasteiger partial charge in [-0.1, -0.05) is 19.1 Å². The van der Waals surface area contributed by atoms with Crippen LogP contribution in [0.5, 0.6) is 5.75 Å². The molecule has 4 rings (SSSR count). The van der Waals surface area contributed by atoms with E-state index in [1.807, 2.05) is 12.1 Å². The number of benzene rings is 3. The fourth-order valence-electron chi connectivity index (χ4n) is 4.43. The Morgan fingerprint density at radius 2 is 1.73 bits per heavy atom. The van der Waals surface area contributed by atoms with Gasteiger partial charge in [-0.25, -0.2) is 12.8 Å². The van der Waals surface area contributed by atoms with E-state index >= 15 is 0 Å². The van der Waals surface area contributed by atoms with Gasteiger partial charge >= 0.3 is 0 Å². The molecule has 3 aromatic carbocycles. The molecule has 1 atom stereocenters. The number of amides is 1. The van der Waals surface area contributed by atoms with Gasteiger partial charge < -0.3 is 15.0 Å². The minimum atomic E-state index is -4.10. The number of nitrogens with one attached hydrogen (secondary N) is 1. The molecule has 0 aliphatic carbocycles. The Kier molecular flexibility index (Phi) is 8.33. The van der Waals surface area contributed by atoms with Crippen LogP contribution >= 0.6 is 0 Å². The number of hydrogen-bond donors (Lipinski definition) is 1. The van der Waals surface area contributed by atoms with E-state index in [2.05, 4.69) is 29.3 Å². The summed E-state index contributed by atoms with van der Waals surface area (Å²) in [5.41, 5.74) is 2.26. The fourth-order valence-corrected chi connectivity index (χ4v) is 5.85. The smallest absolute Gasteiger partial charge is 0.264 e. The lowest BCUT2D eigenvalue weighted by atomic mass is 9.99. The first-order valence-electron chi connectivity index (χ1n) is 12.3. The van der Waals surface area contributed by atoms with Crippen molar-refractivity contribution in [2.75, 3.05) is 35.9 Å². The Hall–Kier alpha value is -3.59. The van der Waals surface area contributed by atoms with Crippen LogP contribution in [-0.2, 0) is 21.4 Å². The minimum Gasteiger partial charge on any atom is -0.497 e. The monoisotopic (exact) mass is 525 g/mol. The summed E-state index contributed by atoms with van der Waals surface area (Å²) in [5, 5.41) is 2.81. The van der Waals surface area contributed by atoms with Crippen molar-refractivity contribution in [2.24, 2.45) is 5.92 Å². The zero-order valence-corrected chi connectivity index (χ0v) is 21.9. The molecule has 9 heteroatoms. The lowest BCUT2D eigenvalue weighted by molar-refractivity contribution is -0.119. The molecule has 0 bridgehead atoms. The summed E-state index contributed by atoms with van der Waals surface area (Å²) in [7, 11) is -2.62. The van der Waals surface area contributed by atoms with E-state index in [0.717, 1.165) is 40.8 Å². The molecule has 1 aliphatic heterocycles. The van der Waals surface area contributed by atoms with Gasteiger partial charge in [-0.05, 0) is 85.0 Å². The van der Waals surface area contributed by atoms with Crippen molar-refractivity contribution in [2.45, 2.75) is 31.2 Å². The molecule has 37 heavy (non-hydrogen) atoms. The molecule has 1 saturated heterocycles. The van der Waals surface area contributed by atoms with Gasteiger partial charge in [0.2, 0.25) is 5.91 Å². The summed E-state index contributed by atoms with van der Waals surface area (Å²) in [6, 6.07) is 18.9. The molecule has 1 unspecified atom stereocenters. The van der Waals surface area contributed by atoms with E-state index in [1.54, 1.807) is 0 Å². The number of ether oxygens (including phenoxy) is 1. The van der Waals surface area contributed by atoms with Gasteiger partial charge in [-0.15, -0.1) is 0 Å². The highest BCUT2D eigenvalue weighted by molar-refractivity contribution is 7.92. The minimum absolute atomic E-state index is 0.00644. The van der Waals surface area contributed by atoms with Crippen LogP contribution in [0.2, 0.25) is 0 Å². The SMILES string of the molecule is COc1ccc(S(=O)(=O)N(CC(=O)NCc2ccc(N3CCCC(C)C3)cc2)c2ccc(F)cc2)cc1. The molecular formula is C28H32FN3O4S. The standard InChI is InChI=1S/C28H32FN3O4S/c1-21-4-3-17-31(19-21)24-9-5-22(6-10-24)18-30-28(33)20-32(25-11-7-23(29)8-12-25)37(34,35)27-15-13-26(36-2)14-16-27/h5-16,21H,3-4,17-20H2,1-2H3,(H,30,33). The second-order valence-corrected chi connectivity index (χ2v) is 11.2. The highest BCUT2D eigenvalue weighted by Crippen LogP contribution is 2.26. The number of methoxy groups -OCH3 is 1. The van der Waals surface area contributed by atoms with Crippen molar-refractivity contribution < 1.29 is 22.3 Å². The molecule has 0 radical (unpaired) electrons. The summed E-state index contributed by atoms with van der Waals surface area (Å²) in [4.78, 5) is 15.2. The van der Waals surface area contributed by atoms with Gasteiger partial charge in [-0.3, -0.25) is 9.10 Å². The summed E-state index contributed by atoms with van der Waals surface area (Å²) >= 11 is 0. The van der Waals surface area contributed by atoms with Gasteiger partial charge in [-0.2, -0.15) is 0 Å². The zero-order valence-electron chi connectivity index (χ0n) is 21.1. The van der Waals surface area contributed by atoms with Crippen molar-refractivity contribution in [3.63, 3.8) is 0 Å². The van der Waals surface area contributed by atoms with Crippen LogP contribution in [0.4, 0.5) is 15.8 Å². The number of rotatable bonds is 9. The highest BCUT2D eigenvalue weighted by atomic mass is 32.2. The van der Waals surface area contributed by atoms with Crippen LogP contribution in [0.25, 0.3) is 0 Å². The first-order chi connectivity index (χ1) is 17.8. The average molecular weight is 526 g/mol. The number of nitrogens with zero attached hydrogens (tertiary/aromatic N) is 2. The van der Waals surface area contributed by atoms with Gasteiger partial charge in [0.25, 0.3) is 10.0 Å². The van der Waals surface area contributed by atoms with Crippen LogP contribution in [0.15, 0.2) is 77.7 Å². The third kappa shape index (κ3) is 6.60. The predicted octanol–water partition coefficient (Wildman–Crippen LogP) is 4.58. The van der Waals surface area contributed by atoms with Gasteiger partial charge in [0.1, 0.15) is 18.1 Å². The van der Waals surface area contributed by atoms with Crippen LogP contribution < -0.4 is 19.3 Å². The Balaban J connectivity index is 1.46. The van der Waals surface area contributed by atoms with Crippen LogP contribution in [0, 0.1) is 11.7 Å². The zero-order chi connectivity index (χ0) is 26.4. The molecule has 0 saturated carbocycles. The van der Waals surface area contributed by atoms with Gasteiger partial charge in [0, 0.05) is 25.3 Å². The number of piperidine rings is 1. The Bertz CT molecular complexity index is 1300. The number of hydrogen-bond acceptors (Lipinski definition) is 5. The number of sulfonamides is 1. The third-order valence-electron chi connectivity index (χ3n) is 6.50. The number of anilines is 2. The summed E-state index contributed by atoms with van der Waals surface area (Å²) in [5.74, 6) is 0.199. The van der Waals surface area contributed by atoms with Crippen molar-refractivity contribution in [3.05, 3.63) is 84.2 Å². The maximum Gasteiger partial charge on any atom is 0.264 e. The predicted molar refractivity (Wildman–Crippen MR) is 143 cm³/mol. The molecule has 1 amide bonds. The van der Waals surface area contributed by atoms with Crippen LogP contribution in [0.3, 0.4) is 0 Å². The third-order valence-corrected chi connectivity index (χ3v) is 8.29. The summed E-state index contributed by atoms with van der Waals surface area (Å²) in [6.45, 7) is 4.15. The molecule has 1 N–H and O–H groups in total. The second kappa shape index (κ2) is 11.6. The summed E-state index contributed by atoms with van der Waals surface area (Å²) in [6.07, 6.45) is 2.44. The second-order valence-electron chi connectivity index (χ2n) is 9.30. The molecule has 1 fully saturated rings. The molecular weight excluding hydrogens is 493 g/mol. The first kappa shape index (κ1) is 26.5. The van der Waals surface area contributed by atoms with Gasteiger partial charge in [0.15, 0.2) is 0 Å². The molecule has 0 aromatic heterocycles. The lowest BCUT2D eigenvalue weighted by Gasteiger charge is -2.32. The van der Waals surface area contributed by atoms with Crippen molar-refractivity contribution in [3.8, 4) is 5.75 Å². The number of carbonyl (C=O) groups excluding carboxylic acids is 1. The van der Waals surface area contributed by atoms with E-state index in [4.69, 9.17) is 4.74 Å². The topological polar surface area (TPSA) is 79.0 Å². The lowest BCUT2D eigenvalue weighted by Crippen LogP contribution is -2.40. The number of carbonyl (C=O) groups is 1. The van der Waals surface area contributed by atoms with E-state index in [9.17, 15) is 17.6 Å². The van der Waals surface area contributed by atoms with E-state index < -0.39 is 28.3 Å². The van der Waals surface area contributed by atoms with Crippen LogP contribution in [0.1, 0.15) is 25.3 Å². The first-order valence-corrected chi connectivity index (χ1v) is 13.7. The van der Waals surface area contributed by atoms with Crippen molar-refractivity contribution in [1.29, 1.82) is 0 Å². The molecule has 196 valence electrons. The molecule has 7 nitrogen and oxygen atoms in total. The van der Waals surface area contributed by atoms with Crippen molar-refractivity contribution in [1.82, 2.24) is 5.32 Å². The average Bonchev–Trinajstić information content (AvgIpc) is 2.91. The quantitative estimate of drug-likeness (QED) is 0.442. The maximum absolute atomic E-state index is 13.5. The maximum atomic E-state index is 13.5. The van der Waals surface area contributed by atoms with E-state index in [-0.39, 0.29) is 17.1 Å². The van der Waals surface area contributed by atoms with Crippen molar-refractivity contribution >= 4 is 27.3 Å². The Morgan fingerprint density at radius 1 is 1.05 bits per heavy atom. The Morgan fingerprint density at radius 3 is 2.35 bits per heavy atom. The Labute approximate surface area is 217 Å². The number of halogens is 1. The normalized spacial score (nSPS) is 15.8. The molecule has 3 aromatic rings. The van der Waals surface area contributed by atoms with Crippen LogP contribution in [-0.4, -0.2) is 41.1 Å². The van der Waals surface area contributed by atoms with E-state index in [0.29, 0.717) is 11.7 Å². The largest absolute Gasteiger partial charge is 0.497 e.